The van der Waals surface area contributed by atoms with E-state index in [-0.39, 0.29) is 5.41 Å². The summed E-state index contributed by atoms with van der Waals surface area (Å²) in [7, 11) is 2.08. The fourth-order valence-corrected chi connectivity index (χ4v) is 3.21. The van der Waals surface area contributed by atoms with Crippen molar-refractivity contribution in [2.45, 2.75) is 33.2 Å². The summed E-state index contributed by atoms with van der Waals surface area (Å²) in [6, 6.07) is 2.14. The predicted octanol–water partition coefficient (Wildman–Crippen LogP) is 3.95. The molecule has 0 amide bonds. The van der Waals surface area contributed by atoms with Crippen LogP contribution in [0.2, 0.25) is 0 Å². The van der Waals surface area contributed by atoms with Crippen LogP contribution >= 0.6 is 27.3 Å². The van der Waals surface area contributed by atoms with Gasteiger partial charge in [0.05, 0.1) is 3.79 Å². The first-order valence-corrected chi connectivity index (χ1v) is 7.60. The number of halogens is 1. The molecular weight excluding hydrogens is 298 g/mol. The zero-order valence-electron chi connectivity index (χ0n) is 10.7. The van der Waals surface area contributed by atoms with Gasteiger partial charge in [-0.05, 0) is 52.8 Å². The fraction of sp³-hybridized carbons (Fsp3) is 0.615. The van der Waals surface area contributed by atoms with E-state index >= 15 is 0 Å². The van der Waals surface area contributed by atoms with Gasteiger partial charge in [0, 0.05) is 18.5 Å². The van der Waals surface area contributed by atoms with E-state index in [2.05, 4.69) is 53.2 Å². The Balaban J connectivity index is 2.59. The maximum Gasteiger partial charge on any atom is 0.127 e. The number of rotatable bonds is 7. The first-order chi connectivity index (χ1) is 8.05. The molecule has 1 heterocycles. The van der Waals surface area contributed by atoms with Crippen LogP contribution in [0.25, 0.3) is 0 Å². The van der Waals surface area contributed by atoms with E-state index in [1.807, 2.05) is 0 Å². The third kappa shape index (κ3) is 4.19. The molecule has 96 valence electrons. The van der Waals surface area contributed by atoms with E-state index in [0.717, 1.165) is 36.0 Å². The highest BCUT2D eigenvalue weighted by atomic mass is 79.9. The maximum atomic E-state index is 11.2. The van der Waals surface area contributed by atoms with Gasteiger partial charge < -0.3 is 9.69 Å². The number of aldehydes is 1. The third-order valence-electron chi connectivity index (χ3n) is 3.32. The van der Waals surface area contributed by atoms with Crippen molar-refractivity contribution in [3.05, 3.63) is 20.8 Å². The highest BCUT2D eigenvalue weighted by Gasteiger charge is 2.27. The van der Waals surface area contributed by atoms with Crippen molar-refractivity contribution in [1.29, 1.82) is 0 Å². The Morgan fingerprint density at radius 1 is 1.47 bits per heavy atom. The normalized spacial score (nSPS) is 12.1. The van der Waals surface area contributed by atoms with Gasteiger partial charge in [-0.1, -0.05) is 13.8 Å². The minimum absolute atomic E-state index is 0.179. The van der Waals surface area contributed by atoms with Crippen molar-refractivity contribution in [2.24, 2.45) is 5.41 Å². The minimum Gasteiger partial charge on any atom is -0.303 e. The zero-order chi connectivity index (χ0) is 12.9. The molecule has 1 aromatic heterocycles. The lowest BCUT2D eigenvalue weighted by Gasteiger charge is -2.30. The number of thiophene rings is 1. The van der Waals surface area contributed by atoms with Crippen LogP contribution in [0.5, 0.6) is 0 Å². The van der Waals surface area contributed by atoms with Crippen molar-refractivity contribution in [3.8, 4) is 0 Å². The van der Waals surface area contributed by atoms with E-state index in [0.29, 0.717) is 0 Å². The Morgan fingerprint density at radius 3 is 2.53 bits per heavy atom. The van der Waals surface area contributed by atoms with Gasteiger partial charge in [-0.2, -0.15) is 0 Å². The number of carbonyl (C=O) groups excluding carboxylic acids is 1. The number of hydrogen-bond acceptors (Lipinski definition) is 3. The molecule has 0 N–H and O–H groups in total. The monoisotopic (exact) mass is 317 g/mol. The van der Waals surface area contributed by atoms with Crippen LogP contribution in [-0.4, -0.2) is 24.8 Å². The van der Waals surface area contributed by atoms with Gasteiger partial charge >= 0.3 is 0 Å². The van der Waals surface area contributed by atoms with Crippen molar-refractivity contribution in [3.63, 3.8) is 0 Å². The molecule has 0 bridgehead atoms. The lowest BCUT2D eigenvalue weighted by atomic mass is 9.83. The van der Waals surface area contributed by atoms with E-state index in [1.165, 1.54) is 5.56 Å². The molecule has 0 atom stereocenters. The Morgan fingerprint density at radius 2 is 2.12 bits per heavy atom. The van der Waals surface area contributed by atoms with Gasteiger partial charge in [0.15, 0.2) is 0 Å². The topological polar surface area (TPSA) is 20.3 Å². The molecule has 4 heteroatoms. The van der Waals surface area contributed by atoms with Crippen LogP contribution in [0.4, 0.5) is 0 Å². The third-order valence-corrected chi connectivity index (χ3v) is 4.87. The molecule has 2 nitrogen and oxygen atoms in total. The molecule has 0 aliphatic heterocycles. The number of hydrogen-bond donors (Lipinski definition) is 0. The first-order valence-electron chi connectivity index (χ1n) is 5.93. The van der Waals surface area contributed by atoms with E-state index in [4.69, 9.17) is 0 Å². The fourth-order valence-electron chi connectivity index (χ4n) is 2.01. The van der Waals surface area contributed by atoms with Crippen LogP contribution < -0.4 is 0 Å². The lowest BCUT2D eigenvalue weighted by molar-refractivity contribution is -0.117. The first kappa shape index (κ1) is 14.9. The summed E-state index contributed by atoms with van der Waals surface area (Å²) in [5, 5.41) is 2.15. The highest BCUT2D eigenvalue weighted by Crippen LogP contribution is 2.26. The molecule has 0 spiro atoms. The average molecular weight is 318 g/mol. The van der Waals surface area contributed by atoms with E-state index in [1.54, 1.807) is 11.3 Å². The summed E-state index contributed by atoms with van der Waals surface area (Å²) in [5.74, 6) is 0. The molecule has 0 aromatic carbocycles. The molecule has 0 saturated carbocycles. The Kier molecular flexibility index (Phi) is 5.83. The lowest BCUT2D eigenvalue weighted by Crippen LogP contribution is -2.35. The van der Waals surface area contributed by atoms with E-state index in [9.17, 15) is 4.79 Å². The second-order valence-electron chi connectivity index (χ2n) is 4.62. The molecule has 1 aromatic rings. The van der Waals surface area contributed by atoms with Crippen LogP contribution in [0.3, 0.4) is 0 Å². The van der Waals surface area contributed by atoms with E-state index < -0.39 is 0 Å². The van der Waals surface area contributed by atoms with Crippen molar-refractivity contribution < 1.29 is 4.79 Å². The van der Waals surface area contributed by atoms with Gasteiger partial charge in [0.2, 0.25) is 0 Å². The highest BCUT2D eigenvalue weighted by molar-refractivity contribution is 9.11. The molecule has 0 saturated heterocycles. The summed E-state index contributed by atoms with van der Waals surface area (Å²) in [4.78, 5) is 13.5. The van der Waals surface area contributed by atoms with Crippen molar-refractivity contribution in [1.82, 2.24) is 4.90 Å². The van der Waals surface area contributed by atoms with Crippen LogP contribution in [0, 0.1) is 5.41 Å². The summed E-state index contributed by atoms with van der Waals surface area (Å²) >= 11 is 5.17. The predicted molar refractivity (Wildman–Crippen MR) is 77.4 cm³/mol. The van der Waals surface area contributed by atoms with Crippen LogP contribution in [0.15, 0.2) is 15.2 Å². The molecule has 1 rings (SSSR count). The summed E-state index contributed by atoms with van der Waals surface area (Å²) in [5.41, 5.74) is 1.12. The molecule has 0 fully saturated rings. The molecular formula is C13H20BrNOS. The molecule has 0 aliphatic rings. The Bertz CT molecular complexity index is 360. The quantitative estimate of drug-likeness (QED) is 0.710. The second-order valence-corrected chi connectivity index (χ2v) is 6.91. The van der Waals surface area contributed by atoms with Gasteiger partial charge in [0.1, 0.15) is 6.29 Å². The molecule has 0 radical (unpaired) electrons. The molecule has 17 heavy (non-hydrogen) atoms. The number of carbonyl (C=O) groups is 1. The van der Waals surface area contributed by atoms with Gasteiger partial charge in [-0.15, -0.1) is 11.3 Å². The van der Waals surface area contributed by atoms with Crippen LogP contribution in [0.1, 0.15) is 32.3 Å². The number of nitrogens with zero attached hydrogens (tertiary/aromatic N) is 1. The summed E-state index contributed by atoms with van der Waals surface area (Å²) in [6.07, 6.45) is 2.95. The summed E-state index contributed by atoms with van der Waals surface area (Å²) < 4.78 is 1.16. The standard InChI is InChI=1S/C13H20BrNOS/c1-4-13(5-2,10-16)9-15(3)7-11-6-12(14)17-8-11/h6,8,10H,4-5,7,9H2,1-3H3. The second kappa shape index (κ2) is 6.66. The van der Waals surface area contributed by atoms with Crippen LogP contribution in [-0.2, 0) is 11.3 Å². The minimum atomic E-state index is -0.179. The van der Waals surface area contributed by atoms with Gasteiger partial charge in [0.25, 0.3) is 0 Å². The van der Waals surface area contributed by atoms with Crippen molar-refractivity contribution in [2.75, 3.05) is 13.6 Å². The van der Waals surface area contributed by atoms with Crippen molar-refractivity contribution >= 4 is 33.6 Å². The molecule has 0 aliphatic carbocycles. The van der Waals surface area contributed by atoms with Gasteiger partial charge in [-0.3, -0.25) is 0 Å². The average Bonchev–Trinajstić information content (AvgIpc) is 2.72. The zero-order valence-corrected chi connectivity index (χ0v) is 13.1. The Hall–Kier alpha value is -0.190. The SMILES string of the molecule is CCC(C=O)(CC)CN(C)Cc1csc(Br)c1. The smallest absolute Gasteiger partial charge is 0.127 e. The maximum absolute atomic E-state index is 11.2. The summed E-state index contributed by atoms with van der Waals surface area (Å²) in [6.45, 7) is 5.91. The van der Waals surface area contributed by atoms with Gasteiger partial charge in [-0.25, -0.2) is 0 Å². The Labute approximate surface area is 116 Å². The molecule has 0 unspecified atom stereocenters. The largest absolute Gasteiger partial charge is 0.303 e.